The number of alkyl halides is 1. The number of hydrogen-bond acceptors (Lipinski definition) is 3. The molecule has 0 amide bonds. The van der Waals surface area contributed by atoms with E-state index in [0.29, 0.717) is 0 Å². The van der Waals surface area contributed by atoms with Gasteiger partial charge in [0.1, 0.15) is 0 Å². The molecule has 0 unspecified atom stereocenters. The Kier molecular flexibility index (Phi) is 2.19. The maximum absolute atomic E-state index is 11.8. The minimum Gasteiger partial charge on any atom is -0.263 e. The Morgan fingerprint density at radius 2 is 2.36 bits per heavy atom. The summed E-state index contributed by atoms with van der Waals surface area (Å²) in [5.41, 5.74) is 0. The summed E-state index contributed by atoms with van der Waals surface area (Å²) in [5, 5.41) is 0. The smallest absolute Gasteiger partial charge is 0.209 e. The van der Waals surface area contributed by atoms with Crippen LogP contribution in [-0.4, -0.2) is 19.4 Å². The Hall–Kier alpha value is -0.970. The first-order valence-corrected chi connectivity index (χ1v) is 4.42. The van der Waals surface area contributed by atoms with Gasteiger partial charge in [-0.05, 0) is 6.07 Å². The summed E-state index contributed by atoms with van der Waals surface area (Å²) < 4.78 is 33.4. The van der Waals surface area contributed by atoms with Gasteiger partial charge in [-0.2, -0.15) is 0 Å². The molecule has 0 atom stereocenters. The SMILES string of the molecule is O=S(=O)(CF)c1c[c]cnc1. The van der Waals surface area contributed by atoms with Crippen molar-refractivity contribution in [3.63, 3.8) is 0 Å². The van der Waals surface area contributed by atoms with E-state index in [1.165, 1.54) is 12.3 Å². The molecule has 0 aliphatic carbocycles. The Labute approximate surface area is 63.8 Å². The fraction of sp³-hybridized carbons (Fsp3) is 0.167. The van der Waals surface area contributed by atoms with Crippen molar-refractivity contribution >= 4 is 9.84 Å². The molecular formula is C6H5FNO2S. The number of pyridine rings is 1. The van der Waals surface area contributed by atoms with Crippen molar-refractivity contribution in [1.82, 2.24) is 4.98 Å². The van der Waals surface area contributed by atoms with E-state index in [1.807, 2.05) is 0 Å². The third-order valence-electron chi connectivity index (χ3n) is 1.08. The number of halogens is 1. The molecule has 0 bridgehead atoms. The van der Waals surface area contributed by atoms with E-state index in [2.05, 4.69) is 11.1 Å². The van der Waals surface area contributed by atoms with Crippen molar-refractivity contribution in [2.24, 2.45) is 0 Å². The summed E-state index contributed by atoms with van der Waals surface area (Å²) in [4.78, 5) is 3.36. The molecule has 0 fully saturated rings. The van der Waals surface area contributed by atoms with Crippen LogP contribution in [0.1, 0.15) is 0 Å². The van der Waals surface area contributed by atoms with Gasteiger partial charge in [0, 0.05) is 18.5 Å². The highest BCUT2D eigenvalue weighted by atomic mass is 32.2. The second kappa shape index (κ2) is 2.96. The van der Waals surface area contributed by atoms with Crippen molar-refractivity contribution in [1.29, 1.82) is 0 Å². The zero-order valence-corrected chi connectivity index (χ0v) is 6.31. The zero-order chi connectivity index (χ0) is 8.32. The molecule has 1 radical (unpaired) electrons. The Bertz CT molecular complexity index is 322. The lowest BCUT2D eigenvalue weighted by atomic mass is 10.5. The first-order chi connectivity index (χ1) is 5.17. The third-order valence-corrected chi connectivity index (χ3v) is 2.31. The average molecular weight is 174 g/mol. The maximum Gasteiger partial charge on any atom is 0.209 e. The molecule has 3 nitrogen and oxygen atoms in total. The van der Waals surface area contributed by atoms with Gasteiger partial charge in [0.05, 0.1) is 4.90 Å². The van der Waals surface area contributed by atoms with Gasteiger partial charge >= 0.3 is 0 Å². The molecule has 1 aromatic rings. The maximum atomic E-state index is 11.8. The molecule has 0 saturated carbocycles. The molecule has 11 heavy (non-hydrogen) atoms. The summed E-state index contributed by atoms with van der Waals surface area (Å²) in [7, 11) is -3.76. The second-order valence-corrected chi connectivity index (χ2v) is 3.76. The van der Waals surface area contributed by atoms with Crippen LogP contribution < -0.4 is 0 Å². The molecular weight excluding hydrogens is 169 g/mol. The molecule has 0 aromatic carbocycles. The third kappa shape index (κ3) is 1.74. The number of sulfone groups is 1. The van der Waals surface area contributed by atoms with E-state index < -0.39 is 15.8 Å². The number of hydrogen-bond donors (Lipinski definition) is 0. The average Bonchev–Trinajstić information content (AvgIpc) is 2.06. The summed E-state index contributed by atoms with van der Waals surface area (Å²) in [5.74, 6) is 0. The number of aromatic nitrogens is 1. The van der Waals surface area contributed by atoms with Gasteiger partial charge in [-0.25, -0.2) is 12.8 Å². The molecule has 1 heterocycles. The van der Waals surface area contributed by atoms with Gasteiger partial charge in [0.15, 0.2) is 6.01 Å². The highest BCUT2D eigenvalue weighted by Gasteiger charge is 2.12. The normalized spacial score (nSPS) is 11.4. The predicted molar refractivity (Wildman–Crippen MR) is 36.2 cm³/mol. The fourth-order valence-electron chi connectivity index (χ4n) is 0.544. The number of rotatable bonds is 2. The van der Waals surface area contributed by atoms with E-state index in [0.717, 1.165) is 6.20 Å². The van der Waals surface area contributed by atoms with Crippen LogP contribution >= 0.6 is 0 Å². The lowest BCUT2D eigenvalue weighted by molar-refractivity contribution is 0.534. The summed E-state index contributed by atoms with van der Waals surface area (Å²) in [6, 6.07) is 2.23. The van der Waals surface area contributed by atoms with Gasteiger partial charge in [-0.15, -0.1) is 0 Å². The summed E-state index contributed by atoms with van der Waals surface area (Å²) >= 11 is 0. The zero-order valence-electron chi connectivity index (χ0n) is 5.49. The Morgan fingerprint density at radius 3 is 2.82 bits per heavy atom. The van der Waals surface area contributed by atoms with Gasteiger partial charge in [-0.1, -0.05) is 0 Å². The lowest BCUT2D eigenvalue weighted by Crippen LogP contribution is -2.02. The minimum atomic E-state index is -3.76. The molecule has 0 N–H and O–H groups in total. The van der Waals surface area contributed by atoms with Crippen LogP contribution in [0.5, 0.6) is 0 Å². The van der Waals surface area contributed by atoms with E-state index in [-0.39, 0.29) is 4.90 Å². The van der Waals surface area contributed by atoms with Crippen molar-refractivity contribution in [2.75, 3.05) is 6.01 Å². The molecule has 1 rings (SSSR count). The van der Waals surface area contributed by atoms with Crippen LogP contribution in [-0.2, 0) is 9.84 Å². The highest BCUT2D eigenvalue weighted by Crippen LogP contribution is 2.07. The quantitative estimate of drug-likeness (QED) is 0.659. The largest absolute Gasteiger partial charge is 0.263 e. The van der Waals surface area contributed by atoms with Crippen molar-refractivity contribution < 1.29 is 12.8 Å². The second-order valence-electron chi connectivity index (χ2n) is 1.84. The number of nitrogens with zero attached hydrogens (tertiary/aromatic N) is 1. The minimum absolute atomic E-state index is 0.137. The van der Waals surface area contributed by atoms with E-state index in [4.69, 9.17) is 0 Å². The van der Waals surface area contributed by atoms with Gasteiger partial charge in [0.2, 0.25) is 9.84 Å². The molecule has 0 aliphatic rings. The monoisotopic (exact) mass is 174 g/mol. The Balaban J connectivity index is 3.14. The molecule has 0 saturated heterocycles. The lowest BCUT2D eigenvalue weighted by Gasteiger charge is -1.95. The van der Waals surface area contributed by atoms with E-state index in [9.17, 15) is 12.8 Å². The van der Waals surface area contributed by atoms with Crippen molar-refractivity contribution in [3.05, 3.63) is 24.5 Å². The predicted octanol–water partition coefficient (Wildman–Crippen LogP) is 0.582. The van der Waals surface area contributed by atoms with Gasteiger partial charge in [0.25, 0.3) is 0 Å². The highest BCUT2D eigenvalue weighted by molar-refractivity contribution is 7.91. The molecule has 5 heteroatoms. The van der Waals surface area contributed by atoms with Crippen LogP contribution in [0, 0.1) is 6.07 Å². The van der Waals surface area contributed by atoms with Gasteiger partial charge < -0.3 is 0 Å². The van der Waals surface area contributed by atoms with Gasteiger partial charge in [-0.3, -0.25) is 4.98 Å². The van der Waals surface area contributed by atoms with Crippen LogP contribution in [0.15, 0.2) is 23.4 Å². The Morgan fingerprint density at radius 1 is 1.64 bits per heavy atom. The molecule has 1 aromatic heterocycles. The van der Waals surface area contributed by atoms with E-state index >= 15 is 0 Å². The summed E-state index contributed by atoms with van der Waals surface area (Å²) in [6.07, 6.45) is 2.39. The van der Waals surface area contributed by atoms with Crippen LogP contribution in [0.25, 0.3) is 0 Å². The van der Waals surface area contributed by atoms with E-state index in [1.54, 1.807) is 0 Å². The van der Waals surface area contributed by atoms with Crippen LogP contribution in [0.4, 0.5) is 4.39 Å². The summed E-state index contributed by atoms with van der Waals surface area (Å²) in [6.45, 7) is 0. The molecule has 59 valence electrons. The molecule has 0 spiro atoms. The van der Waals surface area contributed by atoms with Crippen molar-refractivity contribution in [2.45, 2.75) is 4.90 Å². The first-order valence-electron chi connectivity index (χ1n) is 2.76. The standard InChI is InChI=1S/C6H5FNO2S/c7-5-11(9,10)6-2-1-3-8-4-6/h2-4H,5H2. The van der Waals surface area contributed by atoms with Crippen molar-refractivity contribution in [3.8, 4) is 0 Å². The fourth-order valence-corrected chi connectivity index (χ4v) is 1.14. The first kappa shape index (κ1) is 8.13. The van der Waals surface area contributed by atoms with Crippen LogP contribution in [0.2, 0.25) is 0 Å². The molecule has 0 aliphatic heterocycles. The topological polar surface area (TPSA) is 47.0 Å². The van der Waals surface area contributed by atoms with Crippen LogP contribution in [0.3, 0.4) is 0 Å².